The van der Waals surface area contributed by atoms with Gasteiger partial charge in [-0.1, -0.05) is 12.1 Å². The summed E-state index contributed by atoms with van der Waals surface area (Å²) in [6.45, 7) is 0.356. The Hall–Kier alpha value is -3.93. The van der Waals surface area contributed by atoms with E-state index in [0.717, 1.165) is 12.1 Å². The van der Waals surface area contributed by atoms with E-state index in [2.05, 4.69) is 26.0 Å². The topological polar surface area (TPSA) is 110 Å². The van der Waals surface area contributed by atoms with E-state index >= 15 is 0 Å². The molecular weight excluding hydrogens is 441 g/mol. The lowest BCUT2D eigenvalue weighted by molar-refractivity contribution is -0.137. The molecule has 12 heteroatoms. The van der Waals surface area contributed by atoms with Crippen molar-refractivity contribution in [3.63, 3.8) is 0 Å². The van der Waals surface area contributed by atoms with Crippen molar-refractivity contribution in [3.8, 4) is 5.69 Å². The average Bonchev–Trinajstić information content (AvgIpc) is 3.32. The molecule has 1 aromatic heterocycles. The van der Waals surface area contributed by atoms with Crippen molar-refractivity contribution in [2.45, 2.75) is 6.18 Å². The first kappa shape index (κ1) is 23.7. The number of para-hydroxylation sites is 1. The number of nitrogens with zero attached hydrogens (tertiary/aromatic N) is 3. The highest BCUT2D eigenvalue weighted by molar-refractivity contribution is 6.01. The summed E-state index contributed by atoms with van der Waals surface area (Å²) in [7, 11) is 1.51. The Morgan fingerprint density at radius 3 is 2.61 bits per heavy atom. The van der Waals surface area contributed by atoms with Gasteiger partial charge < -0.3 is 20.7 Å². The lowest BCUT2D eigenvalue weighted by atomic mass is 10.1. The molecule has 0 radical (unpaired) electrons. The van der Waals surface area contributed by atoms with Crippen molar-refractivity contribution in [1.82, 2.24) is 20.1 Å². The predicted octanol–water partition coefficient (Wildman–Crippen LogP) is 2.71. The summed E-state index contributed by atoms with van der Waals surface area (Å²) in [5.41, 5.74) is -0.0981. The van der Waals surface area contributed by atoms with Crippen LogP contribution in [-0.2, 0) is 15.7 Å². The third-order valence-corrected chi connectivity index (χ3v) is 4.47. The minimum Gasteiger partial charge on any atom is -0.383 e. The third-order valence-electron chi connectivity index (χ3n) is 4.47. The Morgan fingerprint density at radius 2 is 1.91 bits per heavy atom. The summed E-state index contributed by atoms with van der Waals surface area (Å²) in [6, 6.07) is 9.46. The maximum atomic E-state index is 13.2. The van der Waals surface area contributed by atoms with Crippen LogP contribution in [0.4, 0.5) is 24.5 Å². The second-order valence-corrected chi connectivity index (χ2v) is 6.77. The zero-order valence-electron chi connectivity index (χ0n) is 17.5. The molecule has 9 nitrogen and oxygen atoms in total. The normalized spacial score (nSPS) is 11.2. The largest absolute Gasteiger partial charge is 0.416 e. The Kier molecular flexibility index (Phi) is 7.61. The molecule has 174 valence electrons. The fourth-order valence-electron chi connectivity index (χ4n) is 2.91. The minimum atomic E-state index is -4.59. The first-order valence-electron chi connectivity index (χ1n) is 9.75. The summed E-state index contributed by atoms with van der Waals surface area (Å²) in [6.07, 6.45) is -2.07. The SMILES string of the molecule is COCCNC(=O)c1ccccc1NCC(=O)Nc1cc(C(F)(F)F)ccc1-n1cncn1. The molecule has 0 aliphatic heterocycles. The predicted molar refractivity (Wildman–Crippen MR) is 114 cm³/mol. The van der Waals surface area contributed by atoms with Gasteiger partial charge in [0, 0.05) is 19.3 Å². The molecule has 2 amide bonds. The molecule has 0 spiro atoms. The van der Waals surface area contributed by atoms with E-state index in [0.29, 0.717) is 24.4 Å². The van der Waals surface area contributed by atoms with Gasteiger partial charge in [0.1, 0.15) is 12.7 Å². The molecule has 0 bridgehead atoms. The van der Waals surface area contributed by atoms with Crippen LogP contribution in [0.5, 0.6) is 0 Å². The number of methoxy groups -OCH3 is 1. The molecule has 3 N–H and O–H groups in total. The molecule has 1 heterocycles. The van der Waals surface area contributed by atoms with Gasteiger partial charge in [0.15, 0.2) is 0 Å². The number of nitrogens with one attached hydrogen (secondary N) is 3. The van der Waals surface area contributed by atoms with E-state index in [9.17, 15) is 22.8 Å². The smallest absolute Gasteiger partial charge is 0.383 e. The van der Waals surface area contributed by atoms with E-state index in [-0.39, 0.29) is 23.8 Å². The maximum Gasteiger partial charge on any atom is 0.416 e. The zero-order chi connectivity index (χ0) is 23.8. The fourth-order valence-corrected chi connectivity index (χ4v) is 2.91. The summed E-state index contributed by atoms with van der Waals surface area (Å²) in [5, 5.41) is 11.9. The van der Waals surface area contributed by atoms with E-state index in [1.165, 1.54) is 30.5 Å². The standard InChI is InChI=1S/C21H21F3N6O3/c1-33-9-8-26-20(32)15-4-2-3-5-16(15)27-11-19(31)29-17-10-14(21(22,23)24)6-7-18(17)30-13-25-12-28-30/h2-7,10,12-13,27H,8-9,11H2,1H3,(H,26,32)(H,29,31). The van der Waals surface area contributed by atoms with E-state index in [4.69, 9.17) is 4.74 Å². The second-order valence-electron chi connectivity index (χ2n) is 6.77. The molecule has 3 rings (SSSR count). The van der Waals surface area contributed by atoms with Crippen molar-refractivity contribution < 1.29 is 27.5 Å². The molecular formula is C21H21F3N6O3. The van der Waals surface area contributed by atoms with E-state index in [1.807, 2.05) is 0 Å². The molecule has 0 saturated carbocycles. The lowest BCUT2D eigenvalue weighted by Gasteiger charge is -2.15. The molecule has 0 unspecified atom stereocenters. The van der Waals surface area contributed by atoms with Crippen LogP contribution in [0.1, 0.15) is 15.9 Å². The van der Waals surface area contributed by atoms with Gasteiger partial charge in [-0.3, -0.25) is 9.59 Å². The van der Waals surface area contributed by atoms with Crippen molar-refractivity contribution in [1.29, 1.82) is 0 Å². The molecule has 0 fully saturated rings. The number of amides is 2. The minimum absolute atomic E-state index is 0.0901. The Balaban J connectivity index is 1.74. The van der Waals surface area contributed by atoms with Gasteiger partial charge in [0.05, 0.1) is 35.7 Å². The highest BCUT2D eigenvalue weighted by Gasteiger charge is 2.31. The molecule has 0 aliphatic carbocycles. The van der Waals surface area contributed by atoms with E-state index < -0.39 is 17.6 Å². The second kappa shape index (κ2) is 10.6. The summed E-state index contributed by atoms with van der Waals surface area (Å²) in [5.74, 6) is -0.979. The van der Waals surface area contributed by atoms with Gasteiger partial charge in [0.2, 0.25) is 5.91 Å². The van der Waals surface area contributed by atoms with Crippen LogP contribution in [0, 0.1) is 0 Å². The molecule has 0 atom stereocenters. The van der Waals surface area contributed by atoms with Crippen LogP contribution in [0.25, 0.3) is 5.69 Å². The Morgan fingerprint density at radius 1 is 1.12 bits per heavy atom. The fraction of sp³-hybridized carbons (Fsp3) is 0.238. The highest BCUT2D eigenvalue weighted by atomic mass is 19.4. The Labute approximate surface area is 187 Å². The van der Waals surface area contributed by atoms with Crippen LogP contribution in [0.3, 0.4) is 0 Å². The number of carbonyl (C=O) groups excluding carboxylic acids is 2. The van der Waals surface area contributed by atoms with E-state index in [1.54, 1.807) is 24.3 Å². The van der Waals surface area contributed by atoms with Gasteiger partial charge in [-0.15, -0.1) is 0 Å². The number of halogens is 3. The molecule has 2 aromatic carbocycles. The van der Waals surface area contributed by atoms with Gasteiger partial charge >= 0.3 is 6.18 Å². The number of ether oxygens (including phenoxy) is 1. The highest BCUT2D eigenvalue weighted by Crippen LogP contribution is 2.33. The number of hydrogen-bond donors (Lipinski definition) is 3. The number of alkyl halides is 3. The molecule has 33 heavy (non-hydrogen) atoms. The number of aromatic nitrogens is 3. The first-order valence-corrected chi connectivity index (χ1v) is 9.75. The van der Waals surface area contributed by atoms with Crippen molar-refractivity contribution in [2.75, 3.05) is 37.4 Å². The van der Waals surface area contributed by atoms with Crippen LogP contribution in [-0.4, -0.2) is 53.4 Å². The molecule has 0 aliphatic rings. The number of rotatable bonds is 9. The van der Waals surface area contributed by atoms with Gasteiger partial charge in [0.25, 0.3) is 5.91 Å². The Bertz CT molecular complexity index is 1100. The summed E-state index contributed by atoms with van der Waals surface area (Å²) in [4.78, 5) is 28.7. The van der Waals surface area contributed by atoms with Crippen LogP contribution >= 0.6 is 0 Å². The van der Waals surface area contributed by atoms with Gasteiger partial charge in [-0.2, -0.15) is 18.3 Å². The zero-order valence-corrected chi connectivity index (χ0v) is 17.5. The first-order chi connectivity index (χ1) is 15.8. The van der Waals surface area contributed by atoms with Crippen molar-refractivity contribution in [3.05, 3.63) is 66.2 Å². The number of benzene rings is 2. The van der Waals surface area contributed by atoms with Crippen LogP contribution < -0.4 is 16.0 Å². The van der Waals surface area contributed by atoms with Crippen molar-refractivity contribution in [2.24, 2.45) is 0 Å². The van der Waals surface area contributed by atoms with Crippen LogP contribution in [0.15, 0.2) is 55.1 Å². The quantitative estimate of drug-likeness (QED) is 0.422. The van der Waals surface area contributed by atoms with Crippen molar-refractivity contribution >= 4 is 23.2 Å². The number of hydrogen-bond acceptors (Lipinski definition) is 6. The van der Waals surface area contributed by atoms with Gasteiger partial charge in [-0.25, -0.2) is 9.67 Å². The number of carbonyl (C=O) groups is 2. The maximum absolute atomic E-state index is 13.2. The monoisotopic (exact) mass is 462 g/mol. The molecule has 3 aromatic rings. The van der Waals surface area contributed by atoms with Crippen LogP contribution in [0.2, 0.25) is 0 Å². The van der Waals surface area contributed by atoms with Gasteiger partial charge in [-0.05, 0) is 30.3 Å². The summed E-state index contributed by atoms with van der Waals surface area (Å²) >= 11 is 0. The average molecular weight is 462 g/mol. The summed E-state index contributed by atoms with van der Waals surface area (Å²) < 4.78 is 45.7. The molecule has 0 saturated heterocycles. The lowest BCUT2D eigenvalue weighted by Crippen LogP contribution is -2.28. The third kappa shape index (κ3) is 6.29. The number of anilines is 2.